The summed E-state index contributed by atoms with van der Waals surface area (Å²) in [7, 11) is 0.460. The van der Waals surface area contributed by atoms with Crippen LogP contribution in [0.3, 0.4) is 0 Å². The van der Waals surface area contributed by atoms with Crippen LogP contribution in [0.25, 0.3) is 0 Å². The first-order chi connectivity index (χ1) is 12.2. The van der Waals surface area contributed by atoms with E-state index in [1.54, 1.807) is 19.2 Å². The molecule has 0 unspecified atom stereocenters. The number of benzene rings is 1. The van der Waals surface area contributed by atoms with Crippen LogP contribution >= 0.6 is 24.0 Å². The monoisotopic (exact) mass is 521 g/mol. The van der Waals surface area contributed by atoms with Gasteiger partial charge in [0.05, 0.1) is 19.0 Å². The largest absolute Gasteiger partial charge is 0.435 e. The summed E-state index contributed by atoms with van der Waals surface area (Å²) in [6.45, 7) is -1.35. The molecule has 0 atom stereocenters. The van der Waals surface area contributed by atoms with Gasteiger partial charge in [-0.25, -0.2) is 8.42 Å². The molecule has 0 radical (unpaired) electrons. The maximum atomic E-state index is 12.1. The Morgan fingerprint density at radius 2 is 1.89 bits per heavy atom. The third kappa shape index (κ3) is 12.0. The first kappa shape index (κ1) is 25.8. The summed E-state index contributed by atoms with van der Waals surface area (Å²) in [6.07, 6.45) is 1.16. The number of nitrogens with one attached hydrogen (secondary N) is 1. The Labute approximate surface area is 176 Å². The van der Waals surface area contributed by atoms with Crippen molar-refractivity contribution >= 4 is 39.8 Å². The normalized spacial score (nSPS) is 11.9. The van der Waals surface area contributed by atoms with Gasteiger partial charge in [-0.2, -0.15) is 8.78 Å². The zero-order valence-corrected chi connectivity index (χ0v) is 18.7. The van der Waals surface area contributed by atoms with Crippen LogP contribution in [0.2, 0.25) is 0 Å². The van der Waals surface area contributed by atoms with Crippen molar-refractivity contribution in [1.29, 1.82) is 0 Å². The van der Waals surface area contributed by atoms with Crippen LogP contribution in [0.1, 0.15) is 5.56 Å². The zero-order valence-electron chi connectivity index (χ0n) is 15.5. The first-order valence-corrected chi connectivity index (χ1v) is 9.98. The number of rotatable bonds is 10. The molecule has 0 bridgehead atoms. The molecule has 27 heavy (non-hydrogen) atoms. The van der Waals surface area contributed by atoms with E-state index in [0.29, 0.717) is 25.7 Å². The number of guanidine groups is 1. The molecule has 7 nitrogen and oxygen atoms in total. The fourth-order valence-electron chi connectivity index (χ4n) is 2.06. The van der Waals surface area contributed by atoms with E-state index < -0.39 is 16.4 Å². The smallest absolute Gasteiger partial charge is 0.387 e. The van der Waals surface area contributed by atoms with E-state index in [4.69, 9.17) is 4.74 Å². The number of nitrogens with zero attached hydrogens (tertiary/aromatic N) is 2. The van der Waals surface area contributed by atoms with E-state index >= 15 is 0 Å². The second-order valence-corrected chi connectivity index (χ2v) is 7.85. The van der Waals surface area contributed by atoms with Gasteiger partial charge in [0, 0.05) is 33.4 Å². The molecule has 0 amide bonds. The molecule has 11 heteroatoms. The number of hydrogen-bond acceptors (Lipinski definition) is 5. The lowest BCUT2D eigenvalue weighted by Gasteiger charge is -2.22. The van der Waals surface area contributed by atoms with Crippen LogP contribution in [-0.2, 0) is 21.1 Å². The highest BCUT2D eigenvalue weighted by Gasteiger charge is 2.08. The average molecular weight is 521 g/mol. The molecule has 0 saturated heterocycles. The number of alkyl halides is 2. The molecule has 1 rings (SSSR count). The molecule has 1 aromatic rings. The molecule has 0 saturated carbocycles. The maximum absolute atomic E-state index is 12.1. The Hall–Kier alpha value is -1.21. The van der Waals surface area contributed by atoms with Gasteiger partial charge >= 0.3 is 6.61 Å². The van der Waals surface area contributed by atoms with Crippen LogP contribution in [0.5, 0.6) is 5.75 Å². The molecule has 0 aliphatic rings. The minimum absolute atomic E-state index is 0. The quantitative estimate of drug-likeness (QED) is 0.220. The van der Waals surface area contributed by atoms with Crippen molar-refractivity contribution in [3.8, 4) is 5.75 Å². The number of hydrogen-bond donors (Lipinski definition) is 1. The van der Waals surface area contributed by atoms with Gasteiger partial charge < -0.3 is 19.7 Å². The maximum Gasteiger partial charge on any atom is 0.387 e. The Kier molecular flexibility index (Phi) is 12.5. The minimum atomic E-state index is -3.02. The van der Waals surface area contributed by atoms with Gasteiger partial charge in [-0.15, -0.1) is 24.0 Å². The van der Waals surface area contributed by atoms with Crippen molar-refractivity contribution in [2.45, 2.75) is 13.2 Å². The molecule has 0 spiro atoms. The molecule has 0 aliphatic carbocycles. The van der Waals surface area contributed by atoms with Crippen LogP contribution in [0, 0.1) is 0 Å². The molecule has 0 aromatic heterocycles. The van der Waals surface area contributed by atoms with Crippen molar-refractivity contribution < 1.29 is 26.7 Å². The van der Waals surface area contributed by atoms with Gasteiger partial charge in [0.1, 0.15) is 15.6 Å². The van der Waals surface area contributed by atoms with Gasteiger partial charge in [-0.1, -0.05) is 12.1 Å². The van der Waals surface area contributed by atoms with E-state index in [0.717, 1.165) is 11.8 Å². The third-order valence-electron chi connectivity index (χ3n) is 3.27. The second kappa shape index (κ2) is 13.0. The SMILES string of the molecule is CN=C(NCCOCCS(C)(=O)=O)N(C)Cc1ccc(OC(F)F)cc1.I. The van der Waals surface area contributed by atoms with Crippen molar-refractivity contribution in [2.24, 2.45) is 4.99 Å². The standard InChI is InChI=1S/C16H25F2N3O4S.HI/c1-19-16(20-8-9-24-10-11-26(3,22)23)21(2)12-13-4-6-14(7-5-13)25-15(17)18;/h4-7,15H,8-12H2,1-3H3,(H,19,20);1H. The lowest BCUT2D eigenvalue weighted by molar-refractivity contribution is -0.0498. The van der Waals surface area contributed by atoms with Gasteiger partial charge in [0.15, 0.2) is 5.96 Å². The Balaban J connectivity index is 0.00000676. The molecule has 0 fully saturated rings. The second-order valence-electron chi connectivity index (χ2n) is 5.59. The summed E-state index contributed by atoms with van der Waals surface area (Å²) in [5, 5.41) is 3.10. The molecular formula is C16H26F2IN3O4S. The topological polar surface area (TPSA) is 80.2 Å². The predicted octanol–water partition coefficient (Wildman–Crippen LogP) is 1.97. The summed E-state index contributed by atoms with van der Waals surface area (Å²) >= 11 is 0. The van der Waals surface area contributed by atoms with Crippen LogP contribution in [0.15, 0.2) is 29.3 Å². The van der Waals surface area contributed by atoms with Crippen molar-refractivity contribution in [2.75, 3.05) is 45.9 Å². The Bertz CT molecular complexity index is 673. The predicted molar refractivity (Wildman–Crippen MR) is 112 cm³/mol. The summed E-state index contributed by atoms with van der Waals surface area (Å²) in [5.41, 5.74) is 0.904. The Morgan fingerprint density at radius 1 is 1.26 bits per heavy atom. The summed E-state index contributed by atoms with van der Waals surface area (Å²) in [6, 6.07) is 6.38. The summed E-state index contributed by atoms with van der Waals surface area (Å²) < 4.78 is 55.8. The van der Waals surface area contributed by atoms with E-state index in [9.17, 15) is 17.2 Å². The van der Waals surface area contributed by atoms with Crippen LogP contribution in [-0.4, -0.2) is 71.8 Å². The minimum Gasteiger partial charge on any atom is -0.435 e. The van der Waals surface area contributed by atoms with Crippen molar-refractivity contribution in [3.05, 3.63) is 29.8 Å². The average Bonchev–Trinajstić information content (AvgIpc) is 2.54. The Morgan fingerprint density at radius 3 is 2.41 bits per heavy atom. The highest BCUT2D eigenvalue weighted by atomic mass is 127. The number of ether oxygens (including phenoxy) is 2. The van der Waals surface area contributed by atoms with Gasteiger partial charge in [0.2, 0.25) is 0 Å². The third-order valence-corrected chi connectivity index (χ3v) is 4.18. The molecule has 156 valence electrons. The first-order valence-electron chi connectivity index (χ1n) is 7.92. The number of halogens is 3. The number of aliphatic imine (C=N–C) groups is 1. The van der Waals surface area contributed by atoms with Crippen molar-refractivity contribution in [3.63, 3.8) is 0 Å². The van der Waals surface area contributed by atoms with E-state index in [1.807, 2.05) is 11.9 Å². The van der Waals surface area contributed by atoms with E-state index in [-0.39, 0.29) is 42.1 Å². The van der Waals surface area contributed by atoms with Crippen molar-refractivity contribution in [1.82, 2.24) is 10.2 Å². The molecule has 0 heterocycles. The molecule has 0 aliphatic heterocycles. The van der Waals surface area contributed by atoms with Gasteiger partial charge in [-0.05, 0) is 17.7 Å². The molecule has 1 aromatic carbocycles. The van der Waals surface area contributed by atoms with Gasteiger partial charge in [0.25, 0.3) is 0 Å². The van der Waals surface area contributed by atoms with Gasteiger partial charge in [-0.3, -0.25) is 4.99 Å². The summed E-state index contributed by atoms with van der Waals surface area (Å²) in [5.74, 6) is 0.733. The van der Waals surface area contributed by atoms with Crippen LogP contribution < -0.4 is 10.1 Å². The highest BCUT2D eigenvalue weighted by molar-refractivity contribution is 14.0. The fourth-order valence-corrected chi connectivity index (χ4v) is 2.48. The lowest BCUT2D eigenvalue weighted by Crippen LogP contribution is -2.40. The summed E-state index contributed by atoms with van der Waals surface area (Å²) in [4.78, 5) is 6.01. The van der Waals surface area contributed by atoms with E-state index in [1.165, 1.54) is 12.1 Å². The number of sulfone groups is 1. The van der Waals surface area contributed by atoms with Crippen LogP contribution in [0.4, 0.5) is 8.78 Å². The fraction of sp³-hybridized carbons (Fsp3) is 0.562. The molecular weight excluding hydrogens is 495 g/mol. The zero-order chi connectivity index (χ0) is 19.6. The lowest BCUT2D eigenvalue weighted by atomic mass is 10.2. The highest BCUT2D eigenvalue weighted by Crippen LogP contribution is 2.15. The van der Waals surface area contributed by atoms with E-state index in [2.05, 4.69) is 15.0 Å². The molecule has 1 N–H and O–H groups in total.